The van der Waals surface area contributed by atoms with Crippen LogP contribution in [0, 0.1) is 5.92 Å². The van der Waals surface area contributed by atoms with E-state index in [-0.39, 0.29) is 50.9 Å². The summed E-state index contributed by atoms with van der Waals surface area (Å²) in [6.45, 7) is 7.11. The first-order chi connectivity index (χ1) is 26.8. The molecule has 1 aliphatic carbocycles. The van der Waals surface area contributed by atoms with Crippen LogP contribution in [0.5, 0.6) is 0 Å². The van der Waals surface area contributed by atoms with Crippen molar-refractivity contribution in [2.75, 3.05) is 19.8 Å². The summed E-state index contributed by atoms with van der Waals surface area (Å²) in [5.74, 6) is -2.42. The number of amides is 3. The van der Waals surface area contributed by atoms with Crippen LogP contribution in [-0.2, 0) is 30.3 Å². The summed E-state index contributed by atoms with van der Waals surface area (Å²) < 4.78 is 11.4. The molecule has 0 saturated carbocycles. The van der Waals surface area contributed by atoms with Crippen molar-refractivity contribution in [1.82, 2.24) is 16.0 Å². The van der Waals surface area contributed by atoms with Crippen molar-refractivity contribution in [3.05, 3.63) is 157 Å². The van der Waals surface area contributed by atoms with Gasteiger partial charge in [-0.1, -0.05) is 121 Å². The van der Waals surface area contributed by atoms with Gasteiger partial charge < -0.3 is 30.5 Å². The van der Waals surface area contributed by atoms with Crippen molar-refractivity contribution in [2.45, 2.75) is 56.1 Å². The van der Waals surface area contributed by atoms with Gasteiger partial charge in [0.25, 0.3) is 0 Å². The van der Waals surface area contributed by atoms with Gasteiger partial charge in [0.15, 0.2) is 0 Å². The fourth-order valence-corrected chi connectivity index (χ4v) is 6.83. The average Bonchev–Trinajstić information content (AvgIpc) is 3.53. The second-order valence-electron chi connectivity index (χ2n) is 13.6. The summed E-state index contributed by atoms with van der Waals surface area (Å²) in [6, 6.07) is 32.3. The number of carbonyl (C=O) groups is 4. The molecule has 0 radical (unpaired) electrons. The molecule has 0 saturated heterocycles. The number of nitrogens with one attached hydrogen (secondary N) is 3. The van der Waals surface area contributed by atoms with Crippen LogP contribution in [0.25, 0.3) is 11.1 Å². The Morgan fingerprint density at radius 1 is 0.745 bits per heavy atom. The number of hydrogen-bond donors (Lipinski definition) is 4. The van der Waals surface area contributed by atoms with Gasteiger partial charge in [-0.25, -0.2) is 9.59 Å². The Morgan fingerprint density at radius 3 is 1.98 bits per heavy atom. The molecule has 0 aliphatic heterocycles. The molecule has 3 amide bonds. The number of ether oxygens (including phenoxy) is 2. The first-order valence-corrected chi connectivity index (χ1v) is 18.6. The van der Waals surface area contributed by atoms with Crippen molar-refractivity contribution in [3.63, 3.8) is 0 Å². The lowest BCUT2D eigenvalue weighted by molar-refractivity contribution is -0.147. The number of rotatable bonds is 20. The fraction of sp³-hybridized carbons (Fsp3) is 0.289. The van der Waals surface area contributed by atoms with Crippen molar-refractivity contribution in [2.24, 2.45) is 5.92 Å². The van der Waals surface area contributed by atoms with Gasteiger partial charge in [-0.05, 0) is 59.1 Å². The average molecular weight is 744 g/mol. The third kappa shape index (κ3) is 11.3. The highest BCUT2D eigenvalue weighted by molar-refractivity contribution is 5.86. The number of alkyl carbamates (subject to hydrolysis) is 1. The zero-order chi connectivity index (χ0) is 39.0. The largest absolute Gasteiger partial charge is 0.462 e. The van der Waals surface area contributed by atoms with Crippen LogP contribution in [0.4, 0.5) is 4.79 Å². The molecular weight excluding hydrogens is 695 g/mol. The molecule has 4 aromatic rings. The highest BCUT2D eigenvalue weighted by atomic mass is 16.6. The van der Waals surface area contributed by atoms with Crippen LogP contribution in [-0.4, -0.2) is 60.9 Å². The molecule has 4 N–H and O–H groups in total. The number of carbonyl (C=O) groups excluding carboxylic acids is 4. The number of benzene rings is 4. The van der Waals surface area contributed by atoms with Gasteiger partial charge in [0, 0.05) is 12.3 Å². The molecular formula is C45H49N3O7. The number of hydrogen-bond acceptors (Lipinski definition) is 7. The van der Waals surface area contributed by atoms with E-state index in [1.165, 1.54) is 0 Å². The van der Waals surface area contributed by atoms with Crippen LogP contribution in [0.1, 0.15) is 59.9 Å². The first-order valence-electron chi connectivity index (χ1n) is 18.6. The molecule has 4 atom stereocenters. The summed E-state index contributed by atoms with van der Waals surface area (Å²) in [6.07, 6.45) is 3.63. The van der Waals surface area contributed by atoms with Crippen LogP contribution in [0.3, 0.4) is 0 Å². The Bertz CT molecular complexity index is 1870. The van der Waals surface area contributed by atoms with E-state index < -0.39 is 42.0 Å². The summed E-state index contributed by atoms with van der Waals surface area (Å²) in [5.41, 5.74) is 5.99. The number of esters is 1. The summed E-state index contributed by atoms with van der Waals surface area (Å²) in [4.78, 5) is 53.4. The van der Waals surface area contributed by atoms with E-state index in [2.05, 4.69) is 41.2 Å². The Labute approximate surface area is 322 Å². The van der Waals surface area contributed by atoms with Gasteiger partial charge in [0.05, 0.1) is 24.6 Å². The molecule has 0 heterocycles. The summed E-state index contributed by atoms with van der Waals surface area (Å²) in [5, 5.41) is 18.4. The Hall–Kier alpha value is -6.00. The lowest BCUT2D eigenvalue weighted by atomic mass is 9.97. The number of allylic oxidation sites excluding steroid dienone is 2. The lowest BCUT2D eigenvalue weighted by Crippen LogP contribution is -2.44. The summed E-state index contributed by atoms with van der Waals surface area (Å²) in [7, 11) is 0. The van der Waals surface area contributed by atoms with E-state index in [0.29, 0.717) is 18.4 Å². The molecule has 286 valence electrons. The SMILES string of the molecule is C=CCC[C@H](NC(=O)OCC1c2ccccc2-c2ccccc21)C(=O)OC[C@H](NC(=O)[C@@H](CC=C)CC(=O)N[C@H](CO)Cc1ccccc1)c1ccccc1. The molecule has 55 heavy (non-hydrogen) atoms. The fourth-order valence-electron chi connectivity index (χ4n) is 6.83. The zero-order valence-electron chi connectivity index (χ0n) is 30.9. The van der Waals surface area contributed by atoms with Crippen LogP contribution in [0.15, 0.2) is 135 Å². The molecule has 0 fully saturated rings. The van der Waals surface area contributed by atoms with Crippen molar-refractivity contribution >= 4 is 23.9 Å². The van der Waals surface area contributed by atoms with Gasteiger partial charge in [-0.3, -0.25) is 9.59 Å². The van der Waals surface area contributed by atoms with Gasteiger partial charge >= 0.3 is 12.1 Å². The molecule has 0 bridgehead atoms. The monoisotopic (exact) mass is 743 g/mol. The lowest BCUT2D eigenvalue weighted by Gasteiger charge is -2.24. The minimum Gasteiger partial charge on any atom is -0.462 e. The predicted octanol–water partition coefficient (Wildman–Crippen LogP) is 6.56. The van der Waals surface area contributed by atoms with Crippen molar-refractivity contribution in [3.8, 4) is 11.1 Å². The van der Waals surface area contributed by atoms with Crippen LogP contribution in [0.2, 0.25) is 0 Å². The van der Waals surface area contributed by atoms with Crippen molar-refractivity contribution < 1.29 is 33.8 Å². The highest BCUT2D eigenvalue weighted by Crippen LogP contribution is 2.44. The van der Waals surface area contributed by atoms with Gasteiger partial charge in [-0.15, -0.1) is 13.2 Å². The molecule has 5 rings (SSSR count). The zero-order valence-corrected chi connectivity index (χ0v) is 30.9. The molecule has 0 spiro atoms. The molecule has 10 heteroatoms. The molecule has 1 aliphatic rings. The third-order valence-electron chi connectivity index (χ3n) is 9.65. The second kappa shape index (κ2) is 20.5. The molecule has 0 aromatic heterocycles. The smallest absolute Gasteiger partial charge is 0.407 e. The number of fused-ring (bicyclic) bond motifs is 3. The quantitative estimate of drug-likeness (QED) is 0.0593. The maximum Gasteiger partial charge on any atom is 0.407 e. The standard InChI is InChI=1S/C45H49N3O7/c1-3-5-25-40(48-45(53)55-29-39-37-23-14-12-21-35(37)36-22-13-15-24-38(36)39)44(52)54-30-41(32-19-10-7-11-20-32)47-43(51)33(16-4-2)27-42(50)46-34(28-49)26-31-17-8-6-9-18-31/h3-4,6-15,17-24,33-34,39-41,49H,1-2,5,16,25-30H2,(H,46,50)(H,47,51)(H,48,53)/t33-,34-,40-,41-/m0/s1. The van der Waals surface area contributed by atoms with E-state index in [9.17, 15) is 24.3 Å². The van der Waals surface area contributed by atoms with Gasteiger partial charge in [0.2, 0.25) is 11.8 Å². The molecule has 4 aromatic carbocycles. The molecule has 10 nitrogen and oxygen atoms in total. The van der Waals surface area contributed by atoms with Gasteiger partial charge in [0.1, 0.15) is 19.3 Å². The number of aliphatic hydroxyl groups excluding tert-OH is 1. The van der Waals surface area contributed by atoms with E-state index >= 15 is 0 Å². The Morgan fingerprint density at radius 2 is 1.36 bits per heavy atom. The maximum absolute atomic E-state index is 13.7. The van der Waals surface area contributed by atoms with E-state index in [1.54, 1.807) is 36.4 Å². The third-order valence-corrected chi connectivity index (χ3v) is 9.65. The van der Waals surface area contributed by atoms with E-state index in [4.69, 9.17) is 9.47 Å². The maximum atomic E-state index is 13.7. The second-order valence-corrected chi connectivity index (χ2v) is 13.6. The Balaban J connectivity index is 1.20. The van der Waals surface area contributed by atoms with Crippen molar-refractivity contribution in [1.29, 1.82) is 0 Å². The van der Waals surface area contributed by atoms with Crippen LogP contribution >= 0.6 is 0 Å². The minimum absolute atomic E-state index is 0.0861. The first kappa shape index (κ1) is 40.2. The Kier molecular flexibility index (Phi) is 14.9. The summed E-state index contributed by atoms with van der Waals surface area (Å²) >= 11 is 0. The van der Waals surface area contributed by atoms with E-state index in [0.717, 1.165) is 27.8 Å². The number of aliphatic hydroxyl groups is 1. The normalized spacial score (nSPS) is 13.8. The van der Waals surface area contributed by atoms with Gasteiger partial charge in [-0.2, -0.15) is 0 Å². The minimum atomic E-state index is -1.03. The van der Waals surface area contributed by atoms with E-state index in [1.807, 2.05) is 72.8 Å². The van der Waals surface area contributed by atoms with Crippen LogP contribution < -0.4 is 16.0 Å². The predicted molar refractivity (Wildman–Crippen MR) is 212 cm³/mol. The highest BCUT2D eigenvalue weighted by Gasteiger charge is 2.31. The topological polar surface area (TPSA) is 143 Å². The molecule has 0 unspecified atom stereocenters.